The van der Waals surface area contributed by atoms with Gasteiger partial charge in [0, 0.05) is 20.3 Å². The first-order valence-electron chi connectivity index (χ1n) is 14.0. The fourth-order valence-electron chi connectivity index (χ4n) is 7.34. The van der Waals surface area contributed by atoms with E-state index in [4.69, 9.17) is 9.47 Å². The van der Waals surface area contributed by atoms with Crippen LogP contribution < -0.4 is 0 Å². The highest BCUT2D eigenvalue weighted by Gasteiger charge is 2.50. The molecule has 6 heteroatoms. The lowest BCUT2D eigenvalue weighted by Crippen LogP contribution is -2.38. The Balaban J connectivity index is 1.72. The van der Waals surface area contributed by atoms with Gasteiger partial charge in [0.1, 0.15) is 17.9 Å². The van der Waals surface area contributed by atoms with Gasteiger partial charge in [0.15, 0.2) is 0 Å². The van der Waals surface area contributed by atoms with E-state index >= 15 is 0 Å². The van der Waals surface area contributed by atoms with Crippen LogP contribution in [-0.2, 0) is 19.1 Å². The SMILES string of the molecule is C=C1/C(=C\C=C2CCC[C@@]3(C)C2CC[C@@H]3[C@H](C)CC[C@@H](OC(C)=O)C(C)(C)F)C[C@@H](O)C[C@H]1OC(C)=O. The maximum absolute atomic E-state index is 14.7. The first-order valence-corrected chi connectivity index (χ1v) is 14.0. The van der Waals surface area contributed by atoms with Crippen LogP contribution in [0.15, 0.2) is 35.5 Å². The predicted octanol–water partition coefficient (Wildman–Crippen LogP) is 6.79. The lowest BCUT2D eigenvalue weighted by molar-refractivity contribution is -0.154. The molecule has 0 spiro atoms. The monoisotopic (exact) mass is 518 g/mol. The molecule has 0 radical (unpaired) electrons. The molecule has 3 rings (SSSR count). The highest BCUT2D eigenvalue weighted by atomic mass is 19.1. The van der Waals surface area contributed by atoms with Crippen LogP contribution in [-0.4, -0.2) is 41.0 Å². The number of carbonyl (C=O) groups excluding carboxylic acids is 2. The lowest BCUT2D eigenvalue weighted by atomic mass is 9.60. The normalized spacial score (nSPS) is 34.2. The van der Waals surface area contributed by atoms with E-state index < -0.39 is 29.9 Å². The first kappa shape index (κ1) is 29.6. The van der Waals surface area contributed by atoms with E-state index in [1.807, 2.05) is 0 Å². The number of hydrogen-bond donors (Lipinski definition) is 1. The minimum atomic E-state index is -1.56. The van der Waals surface area contributed by atoms with Crippen molar-refractivity contribution >= 4 is 11.9 Å². The number of fused-ring (bicyclic) bond motifs is 1. The Bertz CT molecular complexity index is 928. The largest absolute Gasteiger partial charge is 0.459 e. The Morgan fingerprint density at radius 2 is 1.92 bits per heavy atom. The number of aliphatic hydroxyl groups excluding tert-OH is 1. The van der Waals surface area contributed by atoms with E-state index in [-0.39, 0.29) is 11.4 Å². The summed E-state index contributed by atoms with van der Waals surface area (Å²) in [6, 6.07) is 0. The topological polar surface area (TPSA) is 72.8 Å². The zero-order valence-electron chi connectivity index (χ0n) is 23.6. The summed E-state index contributed by atoms with van der Waals surface area (Å²) in [5.41, 5.74) is 1.82. The van der Waals surface area contributed by atoms with Gasteiger partial charge in [-0.1, -0.05) is 38.2 Å². The van der Waals surface area contributed by atoms with Gasteiger partial charge in [-0.3, -0.25) is 9.59 Å². The Morgan fingerprint density at radius 1 is 1.22 bits per heavy atom. The molecular weight excluding hydrogens is 471 g/mol. The van der Waals surface area contributed by atoms with Crippen LogP contribution >= 0.6 is 0 Å². The van der Waals surface area contributed by atoms with Crippen LogP contribution in [0.3, 0.4) is 0 Å². The third-order valence-electron chi connectivity index (χ3n) is 9.23. The van der Waals surface area contributed by atoms with Gasteiger partial charge in [0.2, 0.25) is 0 Å². The van der Waals surface area contributed by atoms with Crippen molar-refractivity contribution in [2.24, 2.45) is 23.2 Å². The third kappa shape index (κ3) is 7.13. The maximum atomic E-state index is 14.7. The van der Waals surface area contributed by atoms with Gasteiger partial charge in [-0.05, 0) is 99.5 Å². The average molecular weight is 519 g/mol. The molecule has 3 fully saturated rings. The van der Waals surface area contributed by atoms with Crippen LogP contribution in [0.4, 0.5) is 4.39 Å². The number of carbonyl (C=O) groups is 2. The van der Waals surface area contributed by atoms with E-state index in [1.165, 1.54) is 39.7 Å². The van der Waals surface area contributed by atoms with Crippen molar-refractivity contribution in [3.05, 3.63) is 35.5 Å². The number of ether oxygens (including phenoxy) is 2. The Labute approximate surface area is 222 Å². The van der Waals surface area contributed by atoms with Crippen LogP contribution in [0.1, 0.15) is 99.3 Å². The summed E-state index contributed by atoms with van der Waals surface area (Å²) in [4.78, 5) is 23.0. The van der Waals surface area contributed by atoms with Gasteiger partial charge in [-0.15, -0.1) is 0 Å². The van der Waals surface area contributed by atoms with Gasteiger partial charge in [0.25, 0.3) is 0 Å². The third-order valence-corrected chi connectivity index (χ3v) is 9.23. The molecule has 0 bridgehead atoms. The van der Waals surface area contributed by atoms with Crippen LogP contribution in [0.2, 0.25) is 0 Å². The van der Waals surface area contributed by atoms with Gasteiger partial charge in [0.05, 0.1) is 6.10 Å². The van der Waals surface area contributed by atoms with Crippen molar-refractivity contribution in [2.75, 3.05) is 0 Å². The molecule has 0 heterocycles. The summed E-state index contributed by atoms with van der Waals surface area (Å²) >= 11 is 0. The van der Waals surface area contributed by atoms with Crippen molar-refractivity contribution in [2.45, 2.75) is 123 Å². The second-order valence-corrected chi connectivity index (χ2v) is 12.5. The molecule has 3 saturated carbocycles. The molecule has 5 nitrogen and oxygen atoms in total. The van der Waals surface area contributed by atoms with Crippen molar-refractivity contribution in [1.29, 1.82) is 0 Å². The highest BCUT2D eigenvalue weighted by Crippen LogP contribution is 2.60. The Kier molecular flexibility index (Phi) is 9.47. The quantitative estimate of drug-likeness (QED) is 0.358. The molecule has 0 aliphatic heterocycles. The Morgan fingerprint density at radius 3 is 2.54 bits per heavy atom. The van der Waals surface area contributed by atoms with Crippen molar-refractivity contribution in [3.63, 3.8) is 0 Å². The molecule has 3 aliphatic carbocycles. The summed E-state index contributed by atoms with van der Waals surface area (Å²) in [6.45, 7) is 14.6. The standard InChI is InChI=1S/C31H47FO5/c1-19(10-15-29(30(5,6)32)37-22(4)34)26-13-14-27-23(9-8-16-31(26,27)7)11-12-24-17-25(35)18-28(20(24)2)36-21(3)33/h11-12,19,25-29,35H,2,8-10,13-18H2,1,3-7H3/b23-11?,24-12-/t19-,25-,26-,27?,28-,29-,31-/m1/s1. The first-order chi connectivity index (χ1) is 17.2. The molecule has 0 aromatic rings. The minimum absolute atomic E-state index is 0.188. The van der Waals surface area contributed by atoms with Crippen LogP contribution in [0.5, 0.6) is 0 Å². The molecule has 0 amide bonds. The number of hydrogen-bond acceptors (Lipinski definition) is 5. The molecule has 208 valence electrons. The number of alkyl halides is 1. The zero-order chi connectivity index (χ0) is 27.5. The average Bonchev–Trinajstić information content (AvgIpc) is 3.14. The molecular formula is C31H47FO5. The highest BCUT2D eigenvalue weighted by molar-refractivity contribution is 5.67. The number of halogens is 1. The van der Waals surface area contributed by atoms with E-state index in [2.05, 4.69) is 32.6 Å². The molecule has 37 heavy (non-hydrogen) atoms. The summed E-state index contributed by atoms with van der Waals surface area (Å²) in [7, 11) is 0. The molecule has 1 N–H and O–H groups in total. The summed E-state index contributed by atoms with van der Waals surface area (Å²) < 4.78 is 25.4. The van der Waals surface area contributed by atoms with Crippen molar-refractivity contribution in [1.82, 2.24) is 0 Å². The second-order valence-electron chi connectivity index (χ2n) is 12.5. The van der Waals surface area contributed by atoms with E-state index in [0.29, 0.717) is 37.0 Å². The van der Waals surface area contributed by atoms with Gasteiger partial charge >= 0.3 is 11.9 Å². The molecule has 0 aromatic carbocycles. The predicted molar refractivity (Wildman–Crippen MR) is 143 cm³/mol. The second kappa shape index (κ2) is 11.8. The fraction of sp³-hybridized carbons (Fsp3) is 0.742. The van der Waals surface area contributed by atoms with E-state index in [1.54, 1.807) is 0 Å². The number of aliphatic hydroxyl groups is 1. The van der Waals surface area contributed by atoms with Gasteiger partial charge < -0.3 is 14.6 Å². The fourth-order valence-corrected chi connectivity index (χ4v) is 7.34. The lowest BCUT2D eigenvalue weighted by Gasteiger charge is -2.44. The number of rotatable bonds is 8. The molecule has 0 aromatic heterocycles. The summed E-state index contributed by atoms with van der Waals surface area (Å²) in [5, 5.41) is 10.3. The molecule has 0 saturated heterocycles. The van der Waals surface area contributed by atoms with E-state index in [9.17, 15) is 19.1 Å². The summed E-state index contributed by atoms with van der Waals surface area (Å²) in [5.74, 6) is 0.653. The van der Waals surface area contributed by atoms with Crippen molar-refractivity contribution in [3.8, 4) is 0 Å². The maximum Gasteiger partial charge on any atom is 0.303 e. The van der Waals surface area contributed by atoms with Gasteiger partial charge in [-0.25, -0.2) is 4.39 Å². The van der Waals surface area contributed by atoms with E-state index in [0.717, 1.165) is 43.3 Å². The smallest absolute Gasteiger partial charge is 0.303 e. The minimum Gasteiger partial charge on any atom is -0.459 e. The van der Waals surface area contributed by atoms with Gasteiger partial charge in [-0.2, -0.15) is 0 Å². The molecule has 3 aliphatic rings. The van der Waals surface area contributed by atoms with Crippen LogP contribution in [0, 0.1) is 23.2 Å². The molecule has 1 unspecified atom stereocenters. The number of esters is 2. The Hall–Kier alpha value is -1.95. The number of allylic oxidation sites excluding steroid dienone is 3. The zero-order valence-corrected chi connectivity index (χ0v) is 23.6. The van der Waals surface area contributed by atoms with Crippen molar-refractivity contribution < 1.29 is 28.6 Å². The molecule has 7 atom stereocenters. The van der Waals surface area contributed by atoms with Crippen LogP contribution in [0.25, 0.3) is 0 Å². The summed E-state index contributed by atoms with van der Waals surface area (Å²) in [6.07, 6.45) is 10.5.